The zero-order valence-corrected chi connectivity index (χ0v) is 16.8. The topological polar surface area (TPSA) is 133 Å². The van der Waals surface area contributed by atoms with E-state index in [0.29, 0.717) is 0 Å². The van der Waals surface area contributed by atoms with Gasteiger partial charge in [-0.05, 0) is 27.2 Å². The number of rotatable bonds is 11. The van der Waals surface area contributed by atoms with Crippen LogP contribution in [0, 0.1) is 5.41 Å². The van der Waals surface area contributed by atoms with Gasteiger partial charge in [0.05, 0.1) is 0 Å². The van der Waals surface area contributed by atoms with Crippen LogP contribution in [0.1, 0.15) is 34.1 Å². The molecular formula is C17H27NaO9S. The Balaban J connectivity index is 0. The van der Waals surface area contributed by atoms with Crippen LogP contribution in [0.4, 0.5) is 0 Å². The Kier molecular flexibility index (Phi) is 12.8. The molecule has 1 atom stereocenters. The summed E-state index contributed by atoms with van der Waals surface area (Å²) in [6.07, 6.45) is 0.0546. The molecule has 0 aliphatic heterocycles. The van der Waals surface area contributed by atoms with Crippen molar-refractivity contribution in [3.63, 3.8) is 0 Å². The normalized spacial score (nSPS) is 12.2. The zero-order chi connectivity index (χ0) is 21.4. The summed E-state index contributed by atoms with van der Waals surface area (Å²) >= 11 is 0. The number of hydrogen-bond donors (Lipinski definition) is 1. The third-order valence-corrected chi connectivity index (χ3v) is 4.88. The van der Waals surface area contributed by atoms with E-state index >= 15 is 0 Å². The van der Waals surface area contributed by atoms with Crippen LogP contribution in [0.3, 0.4) is 0 Å². The van der Waals surface area contributed by atoms with E-state index in [1.165, 1.54) is 13.8 Å². The van der Waals surface area contributed by atoms with Crippen LogP contribution < -0.4 is 0 Å². The minimum atomic E-state index is -4.40. The quantitative estimate of drug-likeness (QED) is 0.166. The second-order valence-corrected chi connectivity index (χ2v) is 8.11. The zero-order valence-electron chi connectivity index (χ0n) is 15.9. The molecule has 0 heterocycles. The van der Waals surface area contributed by atoms with Crippen molar-refractivity contribution in [2.75, 3.05) is 19.8 Å². The average Bonchev–Trinajstić information content (AvgIpc) is 2.58. The summed E-state index contributed by atoms with van der Waals surface area (Å²) in [6, 6.07) is 0. The van der Waals surface area contributed by atoms with Crippen molar-refractivity contribution in [3.8, 4) is 0 Å². The van der Waals surface area contributed by atoms with Crippen LogP contribution in [0.25, 0.3) is 0 Å². The molecule has 0 aromatic heterocycles. The summed E-state index contributed by atoms with van der Waals surface area (Å²) < 4.78 is 46.1. The fraction of sp³-hybridized carbons (Fsp3) is 0.588. The number of ether oxygens (including phenoxy) is 3. The molecule has 1 N–H and O–H groups in total. The second-order valence-electron chi connectivity index (χ2n) is 6.27. The van der Waals surface area contributed by atoms with Gasteiger partial charge in [-0.15, -0.1) is 0 Å². The molecule has 0 aliphatic rings. The molecule has 11 heteroatoms. The van der Waals surface area contributed by atoms with E-state index in [1.807, 2.05) is 0 Å². The second kappa shape index (κ2) is 12.4. The van der Waals surface area contributed by atoms with Gasteiger partial charge in [-0.1, -0.05) is 20.1 Å². The molecule has 0 fully saturated rings. The number of hydrogen-bond acceptors (Lipinski definition) is 8. The van der Waals surface area contributed by atoms with E-state index in [9.17, 15) is 22.8 Å². The van der Waals surface area contributed by atoms with Gasteiger partial charge in [0.1, 0.15) is 30.5 Å². The molecular weight excluding hydrogens is 403 g/mol. The molecule has 0 saturated heterocycles. The van der Waals surface area contributed by atoms with Gasteiger partial charge >= 0.3 is 47.5 Å². The third kappa shape index (κ3) is 9.33. The van der Waals surface area contributed by atoms with Crippen LogP contribution in [0.15, 0.2) is 24.3 Å². The van der Waals surface area contributed by atoms with Crippen molar-refractivity contribution >= 4 is 57.6 Å². The van der Waals surface area contributed by atoms with Gasteiger partial charge < -0.3 is 14.2 Å². The van der Waals surface area contributed by atoms with E-state index in [4.69, 9.17) is 18.8 Å². The summed E-state index contributed by atoms with van der Waals surface area (Å²) in [5.41, 5.74) is -1.35. The van der Waals surface area contributed by atoms with Crippen LogP contribution in [-0.4, -0.2) is 85.5 Å². The molecule has 0 aliphatic carbocycles. The van der Waals surface area contributed by atoms with Crippen molar-refractivity contribution in [2.45, 2.75) is 39.4 Å². The molecule has 0 bridgehead atoms. The summed E-state index contributed by atoms with van der Waals surface area (Å²) in [7, 11) is -4.40. The molecule has 0 spiro atoms. The summed E-state index contributed by atoms with van der Waals surface area (Å²) in [6.45, 7) is 10.9. The molecule has 0 rings (SSSR count). The summed E-state index contributed by atoms with van der Waals surface area (Å²) in [5.74, 6) is -2.44. The Hall–Kier alpha value is -1.20. The molecule has 156 valence electrons. The molecule has 0 aromatic rings. The molecule has 28 heavy (non-hydrogen) atoms. The Labute approximate surface area is 187 Å². The molecule has 0 aromatic carbocycles. The van der Waals surface area contributed by atoms with Gasteiger partial charge in [0.2, 0.25) is 0 Å². The molecule has 0 radical (unpaired) electrons. The van der Waals surface area contributed by atoms with Gasteiger partial charge in [-0.25, -0.2) is 9.59 Å². The predicted octanol–water partition coefficient (Wildman–Crippen LogP) is 0.792. The van der Waals surface area contributed by atoms with Gasteiger partial charge in [0.15, 0.2) is 0 Å². The fourth-order valence-electron chi connectivity index (χ4n) is 1.59. The Morgan fingerprint density at radius 2 is 1.39 bits per heavy atom. The van der Waals surface area contributed by atoms with Crippen molar-refractivity contribution in [2.24, 2.45) is 5.41 Å². The first-order valence-electron chi connectivity index (χ1n) is 8.05. The third-order valence-electron chi connectivity index (χ3n) is 3.72. The summed E-state index contributed by atoms with van der Waals surface area (Å²) in [5, 5.41) is -1.35. The van der Waals surface area contributed by atoms with E-state index in [1.54, 1.807) is 6.92 Å². The van der Waals surface area contributed by atoms with E-state index < -0.39 is 58.5 Å². The number of carbonyl (C=O) groups excluding carboxylic acids is 3. The minimum absolute atomic E-state index is 0. The SMILES string of the molecule is C=C(C)C(=O)OCC(CC)(COC(=O)C(=C)C)C(=O)OCC(C)S(=O)(=O)O.[NaH]. The molecule has 0 saturated carbocycles. The van der Waals surface area contributed by atoms with Gasteiger partial charge in [0, 0.05) is 11.1 Å². The molecule has 9 nitrogen and oxygen atoms in total. The molecule has 1 unspecified atom stereocenters. The van der Waals surface area contributed by atoms with Crippen LogP contribution in [0.5, 0.6) is 0 Å². The van der Waals surface area contributed by atoms with Crippen LogP contribution >= 0.6 is 0 Å². The Morgan fingerprint density at radius 3 is 1.68 bits per heavy atom. The molecule has 0 amide bonds. The van der Waals surface area contributed by atoms with E-state index in [-0.39, 0.29) is 47.1 Å². The van der Waals surface area contributed by atoms with Crippen LogP contribution in [0.2, 0.25) is 0 Å². The summed E-state index contributed by atoms with van der Waals surface area (Å²) in [4.78, 5) is 35.9. The van der Waals surface area contributed by atoms with E-state index in [2.05, 4.69) is 13.2 Å². The monoisotopic (exact) mass is 430 g/mol. The van der Waals surface area contributed by atoms with Crippen molar-refractivity contribution < 1.29 is 41.6 Å². The van der Waals surface area contributed by atoms with Crippen molar-refractivity contribution in [1.29, 1.82) is 0 Å². The predicted molar refractivity (Wildman–Crippen MR) is 103 cm³/mol. The van der Waals surface area contributed by atoms with Crippen molar-refractivity contribution in [3.05, 3.63) is 24.3 Å². The Morgan fingerprint density at radius 1 is 1.00 bits per heavy atom. The van der Waals surface area contributed by atoms with E-state index in [0.717, 1.165) is 6.92 Å². The fourth-order valence-corrected chi connectivity index (χ4v) is 1.83. The number of esters is 3. The van der Waals surface area contributed by atoms with Gasteiger partial charge in [-0.2, -0.15) is 8.42 Å². The first kappa shape index (κ1) is 29.0. The average molecular weight is 430 g/mol. The van der Waals surface area contributed by atoms with Gasteiger partial charge in [-0.3, -0.25) is 9.35 Å². The number of carbonyl (C=O) groups is 3. The standard InChI is InChI=1S/C17H26O9S.Na.H/c1-7-17(9-25-14(18)11(2)3,10-26-15(19)12(4)5)16(20)24-8-13(6)27(21,22)23;;/h13H,2,4,7-10H2,1,3,5-6H3,(H,21,22,23);;. The Bertz CT molecular complexity index is 682. The first-order valence-corrected chi connectivity index (χ1v) is 9.56. The maximum absolute atomic E-state index is 12.6. The van der Waals surface area contributed by atoms with Crippen LogP contribution in [-0.2, 0) is 38.7 Å². The van der Waals surface area contributed by atoms with Crippen molar-refractivity contribution in [1.82, 2.24) is 0 Å². The van der Waals surface area contributed by atoms with Gasteiger partial charge in [0.25, 0.3) is 10.1 Å². The maximum atomic E-state index is 12.6. The first-order chi connectivity index (χ1) is 12.3.